The number of carbonyl (C=O) groups excluding carboxylic acids is 1. The first kappa shape index (κ1) is 17.8. The highest BCUT2D eigenvalue weighted by Gasteiger charge is 2.02. The Kier molecular flexibility index (Phi) is 7.81. The van der Waals surface area contributed by atoms with Crippen LogP contribution in [-0.2, 0) is 4.79 Å². The minimum Gasteiger partial charge on any atom is -0.492 e. The average molecular weight is 308 g/mol. The normalized spacial score (nSPS) is 10.3. The number of nitrogens with one attached hydrogen (secondary N) is 2. The summed E-state index contributed by atoms with van der Waals surface area (Å²) in [6, 6.07) is 7.58. The number of rotatable bonds is 9. The average Bonchev–Trinajstić information content (AvgIpc) is 2.48. The number of carboxylic acids is 1. The summed E-state index contributed by atoms with van der Waals surface area (Å²) in [6.45, 7) is 5.37. The molecule has 1 aromatic carbocycles. The third-order valence-corrected chi connectivity index (χ3v) is 3.06. The predicted molar refractivity (Wildman–Crippen MR) is 84.3 cm³/mol. The Bertz CT molecular complexity index is 472. The molecule has 6 nitrogen and oxygen atoms in total. The van der Waals surface area contributed by atoms with Crippen molar-refractivity contribution in [2.24, 2.45) is 0 Å². The zero-order valence-corrected chi connectivity index (χ0v) is 13.1. The summed E-state index contributed by atoms with van der Waals surface area (Å²) in [5.74, 6) is 0.396. The monoisotopic (exact) mass is 308 g/mol. The zero-order chi connectivity index (χ0) is 16.4. The van der Waals surface area contributed by atoms with Gasteiger partial charge in [0.25, 0.3) is 0 Å². The minimum atomic E-state index is -0.862. The summed E-state index contributed by atoms with van der Waals surface area (Å²) in [4.78, 5) is 21.7. The first-order valence-corrected chi connectivity index (χ1v) is 7.45. The van der Waals surface area contributed by atoms with Gasteiger partial charge in [-0.15, -0.1) is 0 Å². The molecule has 1 aromatic rings. The van der Waals surface area contributed by atoms with Crippen LogP contribution in [0.4, 0.5) is 4.79 Å². The lowest BCUT2D eigenvalue weighted by Crippen LogP contribution is -2.38. The molecular weight excluding hydrogens is 284 g/mol. The predicted octanol–water partition coefficient (Wildman–Crippen LogP) is 2.35. The molecule has 0 saturated heterocycles. The van der Waals surface area contributed by atoms with E-state index in [0.29, 0.717) is 32.0 Å². The largest absolute Gasteiger partial charge is 0.492 e. The first-order chi connectivity index (χ1) is 10.5. The van der Waals surface area contributed by atoms with E-state index in [2.05, 4.69) is 24.5 Å². The Morgan fingerprint density at radius 3 is 2.36 bits per heavy atom. The fourth-order valence-electron chi connectivity index (χ4n) is 1.79. The highest BCUT2D eigenvalue weighted by molar-refractivity contribution is 5.73. The highest BCUT2D eigenvalue weighted by Crippen LogP contribution is 2.18. The second-order valence-electron chi connectivity index (χ2n) is 5.25. The van der Waals surface area contributed by atoms with Crippen LogP contribution >= 0.6 is 0 Å². The molecule has 122 valence electrons. The molecule has 0 aromatic heterocycles. The zero-order valence-electron chi connectivity index (χ0n) is 13.1. The summed E-state index contributed by atoms with van der Waals surface area (Å²) < 4.78 is 5.53. The van der Waals surface area contributed by atoms with E-state index in [0.717, 1.165) is 5.75 Å². The number of carbonyl (C=O) groups is 2. The number of benzene rings is 1. The highest BCUT2D eigenvalue weighted by atomic mass is 16.5. The van der Waals surface area contributed by atoms with Gasteiger partial charge >= 0.3 is 12.0 Å². The Morgan fingerprint density at radius 2 is 1.77 bits per heavy atom. The van der Waals surface area contributed by atoms with Crippen LogP contribution in [0.3, 0.4) is 0 Å². The maximum atomic E-state index is 11.4. The van der Waals surface area contributed by atoms with E-state index in [9.17, 15) is 9.59 Å². The molecule has 0 bridgehead atoms. The van der Waals surface area contributed by atoms with Gasteiger partial charge in [-0.05, 0) is 30.0 Å². The van der Waals surface area contributed by atoms with Crippen molar-refractivity contribution in [3.8, 4) is 5.75 Å². The SMILES string of the molecule is CC(C)c1ccc(OCCNC(=O)NCCCC(=O)O)cc1. The summed E-state index contributed by atoms with van der Waals surface area (Å²) in [6.07, 6.45) is 0.469. The topological polar surface area (TPSA) is 87.7 Å². The number of hydrogen-bond donors (Lipinski definition) is 3. The van der Waals surface area contributed by atoms with Crippen LogP contribution in [-0.4, -0.2) is 36.8 Å². The van der Waals surface area contributed by atoms with Crippen molar-refractivity contribution in [3.05, 3.63) is 29.8 Å². The lowest BCUT2D eigenvalue weighted by Gasteiger charge is -2.10. The number of ether oxygens (including phenoxy) is 1. The molecule has 1 rings (SSSR count). The van der Waals surface area contributed by atoms with Gasteiger partial charge in [-0.3, -0.25) is 4.79 Å². The maximum absolute atomic E-state index is 11.4. The molecule has 0 radical (unpaired) electrons. The van der Waals surface area contributed by atoms with Crippen molar-refractivity contribution in [1.29, 1.82) is 0 Å². The number of urea groups is 1. The Hall–Kier alpha value is -2.24. The fraction of sp³-hybridized carbons (Fsp3) is 0.500. The number of hydrogen-bond acceptors (Lipinski definition) is 3. The van der Waals surface area contributed by atoms with E-state index in [1.807, 2.05) is 24.3 Å². The fourth-order valence-corrected chi connectivity index (χ4v) is 1.79. The van der Waals surface area contributed by atoms with E-state index < -0.39 is 5.97 Å². The van der Waals surface area contributed by atoms with Crippen molar-refractivity contribution in [1.82, 2.24) is 10.6 Å². The van der Waals surface area contributed by atoms with Crippen LogP contribution in [0.1, 0.15) is 38.2 Å². The van der Waals surface area contributed by atoms with Crippen LogP contribution in [0.5, 0.6) is 5.75 Å². The van der Waals surface area contributed by atoms with Gasteiger partial charge in [0.15, 0.2) is 0 Å². The van der Waals surface area contributed by atoms with Gasteiger partial charge in [0.05, 0.1) is 6.54 Å². The molecule has 0 aliphatic heterocycles. The number of amides is 2. The van der Waals surface area contributed by atoms with E-state index >= 15 is 0 Å². The molecule has 0 atom stereocenters. The maximum Gasteiger partial charge on any atom is 0.314 e. The van der Waals surface area contributed by atoms with E-state index in [4.69, 9.17) is 9.84 Å². The van der Waals surface area contributed by atoms with Gasteiger partial charge in [-0.1, -0.05) is 26.0 Å². The molecular formula is C16H24N2O4. The lowest BCUT2D eigenvalue weighted by molar-refractivity contribution is -0.137. The molecule has 0 unspecified atom stereocenters. The summed E-state index contributed by atoms with van der Waals surface area (Å²) >= 11 is 0. The van der Waals surface area contributed by atoms with Crippen LogP contribution in [0.15, 0.2) is 24.3 Å². The molecule has 0 aliphatic carbocycles. The molecule has 0 heterocycles. The van der Waals surface area contributed by atoms with Gasteiger partial charge < -0.3 is 20.5 Å². The minimum absolute atomic E-state index is 0.0514. The standard InChI is InChI=1S/C16H24N2O4/c1-12(2)13-5-7-14(8-6-13)22-11-10-18-16(21)17-9-3-4-15(19)20/h5-8,12H,3-4,9-11H2,1-2H3,(H,19,20)(H2,17,18,21). The number of carboxylic acid groups (broad SMARTS) is 1. The van der Waals surface area contributed by atoms with Crippen molar-refractivity contribution >= 4 is 12.0 Å². The van der Waals surface area contributed by atoms with Crippen LogP contribution in [0.2, 0.25) is 0 Å². The second kappa shape index (κ2) is 9.65. The van der Waals surface area contributed by atoms with Crippen molar-refractivity contribution in [3.63, 3.8) is 0 Å². The van der Waals surface area contributed by atoms with E-state index in [1.165, 1.54) is 5.56 Å². The third kappa shape index (κ3) is 7.52. The first-order valence-electron chi connectivity index (χ1n) is 7.45. The molecule has 22 heavy (non-hydrogen) atoms. The molecule has 0 saturated carbocycles. The van der Waals surface area contributed by atoms with Crippen molar-refractivity contribution < 1.29 is 19.4 Å². The summed E-state index contributed by atoms with van der Waals surface area (Å²) in [5, 5.41) is 13.7. The Balaban J connectivity index is 2.11. The molecule has 0 aliphatic rings. The summed E-state index contributed by atoms with van der Waals surface area (Å²) in [5.41, 5.74) is 1.26. The number of aliphatic carboxylic acids is 1. The summed E-state index contributed by atoms with van der Waals surface area (Å²) in [7, 11) is 0. The van der Waals surface area contributed by atoms with Crippen molar-refractivity contribution in [2.75, 3.05) is 19.7 Å². The van der Waals surface area contributed by atoms with Crippen LogP contribution in [0.25, 0.3) is 0 Å². The Labute approximate surface area is 130 Å². The van der Waals surface area contributed by atoms with E-state index in [1.54, 1.807) is 0 Å². The van der Waals surface area contributed by atoms with Gasteiger partial charge in [0, 0.05) is 13.0 Å². The molecule has 0 fully saturated rings. The van der Waals surface area contributed by atoms with Gasteiger partial charge in [0.2, 0.25) is 0 Å². The molecule has 3 N–H and O–H groups in total. The second-order valence-corrected chi connectivity index (χ2v) is 5.25. The third-order valence-electron chi connectivity index (χ3n) is 3.06. The molecule has 0 spiro atoms. The molecule has 2 amide bonds. The van der Waals surface area contributed by atoms with Gasteiger partial charge in [-0.25, -0.2) is 4.79 Å². The van der Waals surface area contributed by atoms with Gasteiger partial charge in [-0.2, -0.15) is 0 Å². The van der Waals surface area contributed by atoms with Crippen molar-refractivity contribution in [2.45, 2.75) is 32.6 Å². The quantitative estimate of drug-likeness (QED) is 0.611. The lowest BCUT2D eigenvalue weighted by atomic mass is 10.0. The van der Waals surface area contributed by atoms with Crippen LogP contribution in [0, 0.1) is 0 Å². The molecule has 6 heteroatoms. The van der Waals surface area contributed by atoms with Gasteiger partial charge in [0.1, 0.15) is 12.4 Å². The Morgan fingerprint density at radius 1 is 1.14 bits per heavy atom. The van der Waals surface area contributed by atoms with Crippen LogP contribution < -0.4 is 15.4 Å². The smallest absolute Gasteiger partial charge is 0.314 e. The van der Waals surface area contributed by atoms with E-state index in [-0.39, 0.29) is 12.5 Å².